The second-order valence-corrected chi connectivity index (χ2v) is 6.08. The van der Waals surface area contributed by atoms with E-state index in [1.807, 2.05) is 0 Å². The number of nitrogens with two attached hydrogens (primary N) is 1. The molecule has 114 valence electrons. The van der Waals surface area contributed by atoms with Crippen molar-refractivity contribution in [2.24, 2.45) is 11.1 Å². The van der Waals surface area contributed by atoms with Gasteiger partial charge in [-0.25, -0.2) is 4.79 Å². The summed E-state index contributed by atoms with van der Waals surface area (Å²) in [7, 11) is 1.38. The molecule has 2 fully saturated rings. The molecule has 0 bridgehead atoms. The Balaban J connectivity index is 2.16. The number of amides is 1. The van der Waals surface area contributed by atoms with Crippen molar-refractivity contribution in [1.29, 1.82) is 0 Å². The lowest BCUT2D eigenvalue weighted by atomic mass is 9.79. The molecule has 1 saturated carbocycles. The van der Waals surface area contributed by atoms with Crippen LogP contribution >= 0.6 is 0 Å². The molecule has 20 heavy (non-hydrogen) atoms. The van der Waals surface area contributed by atoms with Crippen molar-refractivity contribution >= 4 is 11.9 Å². The summed E-state index contributed by atoms with van der Waals surface area (Å²) in [4.78, 5) is 26.5. The largest absolute Gasteiger partial charge is 0.467 e. The number of esters is 1. The van der Waals surface area contributed by atoms with Crippen molar-refractivity contribution in [3.63, 3.8) is 0 Å². The lowest BCUT2D eigenvalue weighted by Crippen LogP contribution is -2.51. The van der Waals surface area contributed by atoms with Gasteiger partial charge in [0.15, 0.2) is 0 Å². The van der Waals surface area contributed by atoms with Gasteiger partial charge in [-0.05, 0) is 25.7 Å². The van der Waals surface area contributed by atoms with Crippen molar-refractivity contribution in [3.05, 3.63) is 0 Å². The van der Waals surface area contributed by atoms with E-state index in [9.17, 15) is 9.59 Å². The van der Waals surface area contributed by atoms with Crippen LogP contribution in [0.5, 0.6) is 0 Å². The van der Waals surface area contributed by atoms with Gasteiger partial charge in [-0.1, -0.05) is 25.7 Å². The average Bonchev–Trinajstić information content (AvgIpc) is 2.83. The molecular formula is C15H26N2O3. The van der Waals surface area contributed by atoms with E-state index in [0.717, 1.165) is 32.1 Å². The Kier molecular flexibility index (Phi) is 5.02. The fourth-order valence-electron chi connectivity index (χ4n) is 3.61. The fourth-order valence-corrected chi connectivity index (χ4v) is 3.61. The van der Waals surface area contributed by atoms with Gasteiger partial charge in [0.2, 0.25) is 5.91 Å². The van der Waals surface area contributed by atoms with E-state index >= 15 is 0 Å². The summed E-state index contributed by atoms with van der Waals surface area (Å²) < 4.78 is 4.83. The first-order valence-electron chi connectivity index (χ1n) is 7.73. The molecule has 1 aliphatic carbocycles. The van der Waals surface area contributed by atoms with E-state index in [1.165, 1.54) is 20.0 Å². The topological polar surface area (TPSA) is 72.6 Å². The third-order valence-electron chi connectivity index (χ3n) is 4.89. The number of rotatable bonds is 3. The van der Waals surface area contributed by atoms with Crippen LogP contribution in [0.3, 0.4) is 0 Å². The molecule has 1 unspecified atom stereocenters. The molecule has 0 aromatic heterocycles. The van der Waals surface area contributed by atoms with E-state index in [4.69, 9.17) is 10.5 Å². The van der Waals surface area contributed by atoms with Gasteiger partial charge in [0.05, 0.1) is 12.5 Å². The molecule has 0 spiro atoms. The molecular weight excluding hydrogens is 256 g/mol. The highest BCUT2D eigenvalue weighted by molar-refractivity contribution is 5.88. The van der Waals surface area contributed by atoms with Crippen LogP contribution in [0.1, 0.15) is 51.4 Å². The zero-order valence-electron chi connectivity index (χ0n) is 12.4. The van der Waals surface area contributed by atoms with Gasteiger partial charge in [0.1, 0.15) is 6.04 Å². The molecule has 5 nitrogen and oxygen atoms in total. The molecule has 2 N–H and O–H groups in total. The van der Waals surface area contributed by atoms with Crippen LogP contribution in [-0.2, 0) is 14.3 Å². The normalized spacial score (nSPS) is 26.1. The second kappa shape index (κ2) is 6.57. The van der Waals surface area contributed by atoms with Crippen LogP contribution in [0.4, 0.5) is 0 Å². The molecule has 5 heteroatoms. The van der Waals surface area contributed by atoms with Gasteiger partial charge >= 0.3 is 5.97 Å². The highest BCUT2D eigenvalue weighted by atomic mass is 16.5. The summed E-state index contributed by atoms with van der Waals surface area (Å²) in [5, 5.41) is 0. The van der Waals surface area contributed by atoms with Gasteiger partial charge in [-0.3, -0.25) is 4.79 Å². The maximum absolute atomic E-state index is 13.0. The van der Waals surface area contributed by atoms with Crippen molar-refractivity contribution < 1.29 is 14.3 Å². The molecule has 2 rings (SSSR count). The summed E-state index contributed by atoms with van der Waals surface area (Å²) >= 11 is 0. The van der Waals surface area contributed by atoms with E-state index in [2.05, 4.69) is 0 Å². The third kappa shape index (κ3) is 2.82. The van der Waals surface area contributed by atoms with E-state index in [1.54, 1.807) is 4.90 Å². The van der Waals surface area contributed by atoms with Crippen LogP contribution in [0.15, 0.2) is 0 Å². The maximum atomic E-state index is 13.0. The van der Waals surface area contributed by atoms with E-state index in [-0.39, 0.29) is 11.9 Å². The molecule has 0 aromatic carbocycles. The first-order valence-corrected chi connectivity index (χ1v) is 7.73. The highest BCUT2D eigenvalue weighted by Crippen LogP contribution is 2.37. The molecule has 0 aromatic rings. The first-order chi connectivity index (χ1) is 9.64. The van der Waals surface area contributed by atoms with Gasteiger partial charge in [-0.2, -0.15) is 0 Å². The highest BCUT2D eigenvalue weighted by Gasteiger charge is 2.45. The van der Waals surface area contributed by atoms with Crippen LogP contribution in [0, 0.1) is 5.41 Å². The number of hydrogen-bond donors (Lipinski definition) is 1. The Morgan fingerprint density at radius 3 is 2.40 bits per heavy atom. The fraction of sp³-hybridized carbons (Fsp3) is 0.867. The molecule has 1 amide bonds. The number of carbonyl (C=O) groups excluding carboxylic acids is 2. The van der Waals surface area contributed by atoms with E-state index < -0.39 is 11.5 Å². The van der Waals surface area contributed by atoms with Crippen molar-refractivity contribution in [2.75, 3.05) is 20.2 Å². The van der Waals surface area contributed by atoms with Crippen LogP contribution in [-0.4, -0.2) is 43.0 Å². The van der Waals surface area contributed by atoms with Crippen LogP contribution in [0.2, 0.25) is 0 Å². The Morgan fingerprint density at radius 2 is 1.85 bits per heavy atom. The van der Waals surface area contributed by atoms with Gasteiger partial charge < -0.3 is 15.4 Å². The lowest BCUT2D eigenvalue weighted by molar-refractivity contribution is -0.155. The molecule has 1 atom stereocenters. The predicted octanol–water partition coefficient (Wildman–Crippen LogP) is 1.45. The van der Waals surface area contributed by atoms with Crippen molar-refractivity contribution in [2.45, 2.75) is 57.4 Å². The average molecular weight is 282 g/mol. The quantitative estimate of drug-likeness (QED) is 0.628. The Morgan fingerprint density at radius 1 is 1.20 bits per heavy atom. The number of hydrogen-bond acceptors (Lipinski definition) is 4. The smallest absolute Gasteiger partial charge is 0.328 e. The number of likely N-dealkylation sites (tertiary alicyclic amines) is 1. The number of ether oxygens (including phenoxy) is 1. The minimum absolute atomic E-state index is 0.0785. The number of carbonyl (C=O) groups is 2. The van der Waals surface area contributed by atoms with Gasteiger partial charge in [-0.15, -0.1) is 0 Å². The third-order valence-corrected chi connectivity index (χ3v) is 4.89. The Bertz CT molecular complexity index is 362. The zero-order valence-corrected chi connectivity index (χ0v) is 12.4. The van der Waals surface area contributed by atoms with Gasteiger partial charge in [0.25, 0.3) is 0 Å². The van der Waals surface area contributed by atoms with Crippen molar-refractivity contribution in [1.82, 2.24) is 4.90 Å². The molecule has 1 heterocycles. The van der Waals surface area contributed by atoms with Crippen LogP contribution in [0.25, 0.3) is 0 Å². The molecule has 0 radical (unpaired) electrons. The molecule has 1 saturated heterocycles. The molecule has 2 aliphatic rings. The SMILES string of the molecule is COC(=O)C1CCCN1C(=O)C1(CN)CCCCCC1. The molecule has 1 aliphatic heterocycles. The van der Waals surface area contributed by atoms with Crippen LogP contribution < -0.4 is 5.73 Å². The summed E-state index contributed by atoms with van der Waals surface area (Å²) in [5.41, 5.74) is 5.52. The van der Waals surface area contributed by atoms with Crippen molar-refractivity contribution in [3.8, 4) is 0 Å². The standard InChI is InChI=1S/C15H26N2O3/c1-20-13(18)12-7-6-10-17(12)14(19)15(11-16)8-4-2-3-5-9-15/h12H,2-11,16H2,1H3. The summed E-state index contributed by atoms with van der Waals surface area (Å²) in [5.74, 6) is -0.216. The number of nitrogens with zero attached hydrogens (tertiary/aromatic N) is 1. The summed E-state index contributed by atoms with van der Waals surface area (Å²) in [6, 6.07) is -0.404. The first kappa shape index (κ1) is 15.3. The maximum Gasteiger partial charge on any atom is 0.328 e. The van der Waals surface area contributed by atoms with E-state index in [0.29, 0.717) is 19.5 Å². The summed E-state index contributed by atoms with van der Waals surface area (Å²) in [6.45, 7) is 1.04. The second-order valence-electron chi connectivity index (χ2n) is 6.08. The Labute approximate surface area is 120 Å². The summed E-state index contributed by atoms with van der Waals surface area (Å²) in [6.07, 6.45) is 7.74. The number of methoxy groups -OCH3 is 1. The lowest BCUT2D eigenvalue weighted by Gasteiger charge is -2.36. The van der Waals surface area contributed by atoms with Gasteiger partial charge in [0, 0.05) is 13.1 Å². The predicted molar refractivity (Wildman–Crippen MR) is 75.9 cm³/mol. The minimum atomic E-state index is -0.451. The Hall–Kier alpha value is -1.10. The minimum Gasteiger partial charge on any atom is -0.467 e. The monoisotopic (exact) mass is 282 g/mol. The zero-order chi connectivity index (χ0) is 14.6.